The van der Waals surface area contributed by atoms with Crippen LogP contribution < -0.4 is 22.1 Å². The molecule has 0 spiro atoms. The molecule has 0 saturated carbocycles. The van der Waals surface area contributed by atoms with Crippen LogP contribution in [0.2, 0.25) is 0 Å². The zero-order valence-corrected chi connectivity index (χ0v) is 29.8. The zero-order valence-electron chi connectivity index (χ0n) is 29.8. The lowest BCUT2D eigenvalue weighted by atomic mass is 10.0. The molecule has 16 heteroatoms. The predicted octanol–water partition coefficient (Wildman–Crippen LogP) is 2.64. The Morgan fingerprint density at radius 3 is 2.25 bits per heavy atom. The molecule has 0 radical (unpaired) electrons. The molecule has 1 aromatic heterocycles. The number of hydrogen-bond donors (Lipinski definition) is 5. The molecule has 3 rings (SSSR count). The summed E-state index contributed by atoms with van der Waals surface area (Å²) in [7, 11) is 1.63. The van der Waals surface area contributed by atoms with Gasteiger partial charge in [0.15, 0.2) is 0 Å². The molecule has 51 heavy (non-hydrogen) atoms. The van der Waals surface area contributed by atoms with Crippen molar-refractivity contribution in [2.24, 2.45) is 16.6 Å². The van der Waals surface area contributed by atoms with Crippen molar-refractivity contribution in [1.82, 2.24) is 25.5 Å². The van der Waals surface area contributed by atoms with Crippen LogP contribution in [-0.4, -0.2) is 93.5 Å². The molecule has 0 aliphatic carbocycles. The monoisotopic (exact) mass is 707 g/mol. The molecule has 16 nitrogen and oxygen atoms in total. The topological polar surface area (TPSA) is 231 Å². The second-order valence-corrected chi connectivity index (χ2v) is 13.2. The highest BCUT2D eigenvalue weighted by Gasteiger charge is 2.38. The Balaban J connectivity index is 2.05. The third-order valence-corrected chi connectivity index (χ3v) is 7.79. The summed E-state index contributed by atoms with van der Waals surface area (Å²) in [4.78, 5) is 70.9. The fourth-order valence-electron chi connectivity index (χ4n) is 5.53. The van der Waals surface area contributed by atoms with E-state index in [4.69, 9.17) is 16.2 Å². The highest BCUT2D eigenvalue weighted by atomic mass is 16.6. The molecular formula is C35H49N9O7. The summed E-state index contributed by atoms with van der Waals surface area (Å²) in [6, 6.07) is 12.4. The van der Waals surface area contributed by atoms with Gasteiger partial charge in [-0.1, -0.05) is 55.5 Å². The van der Waals surface area contributed by atoms with Gasteiger partial charge < -0.3 is 36.7 Å². The molecule has 3 unspecified atom stereocenters. The fraction of sp³-hybridized carbons (Fsp3) is 0.457. The average Bonchev–Trinajstić information content (AvgIpc) is 3.46. The number of H-pyrrole nitrogens is 1. The quantitative estimate of drug-likeness (QED) is 0.0600. The number of hydrogen-bond acceptors (Lipinski definition) is 8. The van der Waals surface area contributed by atoms with Gasteiger partial charge in [-0.15, -0.1) is 5.10 Å². The molecule has 7 N–H and O–H groups in total. The van der Waals surface area contributed by atoms with Crippen LogP contribution in [0.1, 0.15) is 58.1 Å². The van der Waals surface area contributed by atoms with Crippen LogP contribution >= 0.6 is 0 Å². The highest BCUT2D eigenvalue weighted by Crippen LogP contribution is 2.21. The Kier molecular flexibility index (Phi) is 14.3. The van der Waals surface area contributed by atoms with Gasteiger partial charge in [0, 0.05) is 54.9 Å². The van der Waals surface area contributed by atoms with E-state index in [-0.39, 0.29) is 31.6 Å². The molecular weight excluding hydrogens is 658 g/mol. The van der Waals surface area contributed by atoms with Crippen molar-refractivity contribution in [2.75, 3.05) is 20.1 Å². The van der Waals surface area contributed by atoms with Crippen molar-refractivity contribution in [3.8, 4) is 0 Å². The van der Waals surface area contributed by atoms with E-state index >= 15 is 0 Å². The smallest absolute Gasteiger partial charge is 0.408 e. The minimum absolute atomic E-state index is 0.0395. The van der Waals surface area contributed by atoms with E-state index < -0.39 is 59.1 Å². The van der Waals surface area contributed by atoms with Crippen LogP contribution in [0.5, 0.6) is 0 Å². The molecule has 0 aliphatic rings. The maximum atomic E-state index is 14.4. The van der Waals surface area contributed by atoms with Crippen LogP contribution in [0.3, 0.4) is 0 Å². The third kappa shape index (κ3) is 12.3. The van der Waals surface area contributed by atoms with Gasteiger partial charge in [0.25, 0.3) is 5.91 Å². The van der Waals surface area contributed by atoms with Crippen LogP contribution in [-0.2, 0) is 32.0 Å². The molecule has 3 atom stereocenters. The van der Waals surface area contributed by atoms with Gasteiger partial charge in [0.05, 0.1) is 0 Å². The first-order valence-electron chi connectivity index (χ1n) is 16.8. The Morgan fingerprint density at radius 1 is 0.980 bits per heavy atom. The first-order chi connectivity index (χ1) is 24.1. The standard InChI is InChI=1S/C35H49N9O7/c1-6-18-42(5)31(46)28(21-24-22-38-26-16-11-10-15-25(24)26)39-30(45)29(17-12-19-43(49)50)44(41-33(36)37)32(47)27(20-23-13-8-7-9-14-23)40-34(48)51-35(2,3)4/h7-11,13-16,22,27-29,38H,6,12,17-21H2,1-5H3,(H,39,45)(H,40,48)(H4,36,37,41). The number of benzene rings is 2. The van der Waals surface area contributed by atoms with Crippen LogP contribution in [0, 0.1) is 10.1 Å². The number of ether oxygens (including phenoxy) is 1. The average molecular weight is 708 g/mol. The number of aromatic nitrogens is 1. The van der Waals surface area contributed by atoms with Crippen molar-refractivity contribution in [3.63, 3.8) is 0 Å². The lowest BCUT2D eigenvalue weighted by Crippen LogP contribution is -2.58. The van der Waals surface area contributed by atoms with Gasteiger partial charge in [0.1, 0.15) is 23.7 Å². The van der Waals surface area contributed by atoms with E-state index in [1.165, 1.54) is 4.90 Å². The van der Waals surface area contributed by atoms with Gasteiger partial charge in [0.2, 0.25) is 24.3 Å². The van der Waals surface area contributed by atoms with Gasteiger partial charge in [-0.3, -0.25) is 24.5 Å². The number of alkyl carbamates (subject to hydrolysis) is 1. The van der Waals surface area contributed by atoms with E-state index in [1.807, 2.05) is 31.2 Å². The minimum atomic E-state index is -1.52. The first-order valence-corrected chi connectivity index (χ1v) is 16.8. The largest absolute Gasteiger partial charge is 0.444 e. The van der Waals surface area contributed by atoms with Crippen molar-refractivity contribution in [2.45, 2.75) is 83.5 Å². The van der Waals surface area contributed by atoms with Crippen molar-refractivity contribution in [1.29, 1.82) is 0 Å². The Hall–Kier alpha value is -5.67. The number of nitrogens with two attached hydrogens (primary N) is 2. The number of aromatic amines is 1. The summed E-state index contributed by atoms with van der Waals surface area (Å²) in [6.07, 6.45) is 1.18. The highest BCUT2D eigenvalue weighted by molar-refractivity contribution is 5.95. The fourth-order valence-corrected chi connectivity index (χ4v) is 5.53. The normalized spacial score (nSPS) is 13.0. The number of rotatable bonds is 17. The predicted molar refractivity (Wildman–Crippen MR) is 193 cm³/mol. The number of hydrazone groups is 1. The van der Waals surface area contributed by atoms with E-state index in [1.54, 1.807) is 64.3 Å². The summed E-state index contributed by atoms with van der Waals surface area (Å²) >= 11 is 0. The summed E-state index contributed by atoms with van der Waals surface area (Å²) in [5.74, 6) is -2.68. The molecule has 1 heterocycles. The molecule has 4 amide bonds. The summed E-state index contributed by atoms with van der Waals surface area (Å²) in [5, 5.41) is 22.3. The van der Waals surface area contributed by atoms with Crippen LogP contribution in [0.25, 0.3) is 10.9 Å². The van der Waals surface area contributed by atoms with Gasteiger partial charge >= 0.3 is 6.09 Å². The van der Waals surface area contributed by atoms with E-state index in [0.717, 1.165) is 21.5 Å². The zero-order chi connectivity index (χ0) is 37.7. The lowest BCUT2D eigenvalue weighted by Gasteiger charge is -2.32. The van der Waals surface area contributed by atoms with Gasteiger partial charge in [-0.2, -0.15) is 0 Å². The number of guanidine groups is 1. The second-order valence-electron chi connectivity index (χ2n) is 13.2. The molecule has 3 aromatic rings. The third-order valence-electron chi connectivity index (χ3n) is 7.79. The summed E-state index contributed by atoms with van der Waals surface area (Å²) in [6.45, 7) is 6.80. The number of fused-ring (bicyclic) bond motifs is 1. The number of likely N-dealkylation sites (N-methyl/N-ethyl adjacent to an activating group) is 1. The Bertz CT molecular complexity index is 1680. The van der Waals surface area contributed by atoms with E-state index in [0.29, 0.717) is 18.5 Å². The van der Waals surface area contributed by atoms with Crippen LogP contribution in [0.15, 0.2) is 65.9 Å². The summed E-state index contributed by atoms with van der Waals surface area (Å²) in [5.41, 5.74) is 12.9. The van der Waals surface area contributed by atoms with Gasteiger partial charge in [-0.05, 0) is 50.8 Å². The summed E-state index contributed by atoms with van der Waals surface area (Å²) < 4.78 is 5.41. The Morgan fingerprint density at radius 2 is 1.63 bits per heavy atom. The number of carbonyl (C=O) groups excluding carboxylic acids is 4. The number of para-hydroxylation sites is 1. The van der Waals surface area contributed by atoms with Crippen molar-refractivity contribution >= 4 is 40.7 Å². The van der Waals surface area contributed by atoms with Crippen molar-refractivity contribution < 1.29 is 28.8 Å². The molecule has 276 valence electrons. The van der Waals surface area contributed by atoms with Gasteiger partial charge in [-0.25, -0.2) is 9.80 Å². The van der Waals surface area contributed by atoms with E-state index in [2.05, 4.69) is 20.7 Å². The Labute approximate surface area is 297 Å². The molecule has 0 aliphatic heterocycles. The van der Waals surface area contributed by atoms with Crippen LogP contribution in [0.4, 0.5) is 4.79 Å². The number of nitrogens with one attached hydrogen (secondary N) is 3. The molecule has 0 bridgehead atoms. The maximum absolute atomic E-state index is 14.4. The van der Waals surface area contributed by atoms with Crippen molar-refractivity contribution in [3.05, 3.63) is 82.0 Å². The number of amides is 4. The van der Waals surface area contributed by atoms with E-state index in [9.17, 15) is 29.3 Å². The first kappa shape index (κ1) is 39.8. The molecule has 0 saturated heterocycles. The minimum Gasteiger partial charge on any atom is -0.444 e. The number of carbonyl (C=O) groups is 4. The SMILES string of the molecule is CCCN(C)C(=O)C(Cc1c[nH]c2ccccc12)NC(=O)C(CCC[N+](=O)[O-])N(N=C(N)N)C(=O)C(Cc1ccccc1)NC(=O)OC(C)(C)C. The second kappa shape index (κ2) is 18.4. The maximum Gasteiger partial charge on any atom is 0.408 e. The lowest BCUT2D eigenvalue weighted by molar-refractivity contribution is -0.480. The molecule has 0 fully saturated rings. The number of nitrogens with zero attached hydrogens (tertiary/aromatic N) is 4. The molecule has 2 aromatic carbocycles. The number of nitro groups is 1.